The van der Waals surface area contributed by atoms with Crippen LogP contribution >= 0.6 is 15.9 Å². The van der Waals surface area contributed by atoms with Crippen LogP contribution in [0.2, 0.25) is 0 Å². The summed E-state index contributed by atoms with van der Waals surface area (Å²) in [5, 5.41) is 10.5. The SMILES string of the molecule is O=C(NNC(=O)c1cc(Br)c[nH]1)c1ccc([N+](=O)[O-])cc1. The summed E-state index contributed by atoms with van der Waals surface area (Å²) in [6.07, 6.45) is 1.58. The Morgan fingerprint density at radius 2 is 1.76 bits per heavy atom. The van der Waals surface area contributed by atoms with Gasteiger partial charge >= 0.3 is 0 Å². The van der Waals surface area contributed by atoms with E-state index in [0.29, 0.717) is 4.47 Å². The number of halogens is 1. The van der Waals surface area contributed by atoms with Gasteiger partial charge < -0.3 is 4.98 Å². The van der Waals surface area contributed by atoms with E-state index in [1.165, 1.54) is 24.3 Å². The van der Waals surface area contributed by atoms with Gasteiger partial charge in [0.05, 0.1) is 4.92 Å². The first-order chi connectivity index (χ1) is 9.97. The van der Waals surface area contributed by atoms with Crippen LogP contribution in [0.15, 0.2) is 41.0 Å². The van der Waals surface area contributed by atoms with Crippen LogP contribution in [0, 0.1) is 10.1 Å². The average molecular weight is 353 g/mol. The molecule has 0 bridgehead atoms. The Morgan fingerprint density at radius 3 is 2.29 bits per heavy atom. The fraction of sp³-hybridized carbons (Fsp3) is 0. The summed E-state index contributed by atoms with van der Waals surface area (Å²) in [4.78, 5) is 36.1. The highest BCUT2D eigenvalue weighted by molar-refractivity contribution is 9.10. The smallest absolute Gasteiger partial charge is 0.286 e. The first kappa shape index (κ1) is 14.7. The Kier molecular flexibility index (Phi) is 4.33. The van der Waals surface area contributed by atoms with Gasteiger partial charge in [0.1, 0.15) is 5.69 Å². The topological polar surface area (TPSA) is 117 Å². The summed E-state index contributed by atoms with van der Waals surface area (Å²) >= 11 is 3.18. The fourth-order valence-corrected chi connectivity index (χ4v) is 1.83. The molecule has 8 nitrogen and oxygen atoms in total. The van der Waals surface area contributed by atoms with E-state index >= 15 is 0 Å². The summed E-state index contributed by atoms with van der Waals surface area (Å²) in [6, 6.07) is 6.56. The van der Waals surface area contributed by atoms with Crippen molar-refractivity contribution in [2.75, 3.05) is 0 Å². The molecule has 0 atom stereocenters. The maximum absolute atomic E-state index is 11.8. The average Bonchev–Trinajstić information content (AvgIpc) is 2.91. The Labute approximate surface area is 126 Å². The van der Waals surface area contributed by atoms with Gasteiger partial charge in [-0.1, -0.05) is 0 Å². The number of non-ortho nitro benzene ring substituents is 1. The lowest BCUT2D eigenvalue weighted by Gasteiger charge is -2.06. The van der Waals surface area contributed by atoms with Crippen molar-refractivity contribution >= 4 is 33.4 Å². The minimum Gasteiger partial charge on any atom is -0.356 e. The monoisotopic (exact) mass is 352 g/mol. The number of carbonyl (C=O) groups excluding carboxylic acids is 2. The van der Waals surface area contributed by atoms with Gasteiger partial charge in [0, 0.05) is 28.4 Å². The van der Waals surface area contributed by atoms with E-state index in [2.05, 4.69) is 31.8 Å². The van der Waals surface area contributed by atoms with Crippen LogP contribution in [0.4, 0.5) is 5.69 Å². The molecule has 1 aromatic heterocycles. The number of aromatic amines is 1. The van der Waals surface area contributed by atoms with E-state index in [1.54, 1.807) is 12.3 Å². The second-order valence-corrected chi connectivity index (χ2v) is 4.86. The van der Waals surface area contributed by atoms with Crippen molar-refractivity contribution in [2.24, 2.45) is 0 Å². The van der Waals surface area contributed by atoms with E-state index < -0.39 is 16.7 Å². The zero-order chi connectivity index (χ0) is 15.4. The molecule has 0 radical (unpaired) electrons. The zero-order valence-corrected chi connectivity index (χ0v) is 12.0. The van der Waals surface area contributed by atoms with Crippen molar-refractivity contribution in [2.45, 2.75) is 0 Å². The second kappa shape index (κ2) is 6.18. The van der Waals surface area contributed by atoms with E-state index in [-0.39, 0.29) is 16.9 Å². The lowest BCUT2D eigenvalue weighted by molar-refractivity contribution is -0.384. The quantitative estimate of drug-likeness (QED) is 0.576. The summed E-state index contributed by atoms with van der Waals surface area (Å²) in [6.45, 7) is 0. The molecule has 2 rings (SSSR count). The number of nitro benzene ring substituents is 1. The highest BCUT2D eigenvalue weighted by atomic mass is 79.9. The Hall–Kier alpha value is -2.68. The number of benzene rings is 1. The Bertz CT molecular complexity index is 696. The molecule has 9 heteroatoms. The number of hydrogen-bond donors (Lipinski definition) is 3. The number of carbonyl (C=O) groups is 2. The largest absolute Gasteiger partial charge is 0.356 e. The normalized spacial score (nSPS) is 9.95. The van der Waals surface area contributed by atoms with Crippen LogP contribution in [0.5, 0.6) is 0 Å². The number of hydrazine groups is 1. The minimum absolute atomic E-state index is 0.119. The molecule has 1 aromatic carbocycles. The van der Waals surface area contributed by atoms with Crippen molar-refractivity contribution in [1.82, 2.24) is 15.8 Å². The zero-order valence-electron chi connectivity index (χ0n) is 10.4. The van der Waals surface area contributed by atoms with Gasteiger partial charge in [-0.05, 0) is 34.1 Å². The molecule has 0 unspecified atom stereocenters. The van der Waals surface area contributed by atoms with Crippen LogP contribution in [0.3, 0.4) is 0 Å². The van der Waals surface area contributed by atoms with Crippen LogP contribution in [0.1, 0.15) is 20.8 Å². The third-order valence-electron chi connectivity index (χ3n) is 2.52. The fourth-order valence-electron chi connectivity index (χ4n) is 1.49. The predicted octanol–water partition coefficient (Wildman–Crippen LogP) is 1.76. The van der Waals surface area contributed by atoms with Gasteiger partial charge in [0.2, 0.25) is 0 Å². The summed E-state index contributed by atoms with van der Waals surface area (Å²) < 4.78 is 0.703. The van der Waals surface area contributed by atoms with Gasteiger partial charge in [0.15, 0.2) is 0 Å². The molecule has 0 aliphatic carbocycles. The number of aromatic nitrogens is 1. The molecular formula is C12H9BrN4O4. The van der Waals surface area contributed by atoms with Crippen LogP contribution in [0.25, 0.3) is 0 Å². The molecule has 0 spiro atoms. The lowest BCUT2D eigenvalue weighted by Crippen LogP contribution is -2.41. The summed E-state index contributed by atoms with van der Waals surface area (Å²) in [5.74, 6) is -1.10. The highest BCUT2D eigenvalue weighted by Gasteiger charge is 2.12. The molecule has 0 fully saturated rings. The summed E-state index contributed by atoms with van der Waals surface area (Å²) in [5.41, 5.74) is 4.77. The van der Waals surface area contributed by atoms with Gasteiger partial charge in [0.25, 0.3) is 17.5 Å². The van der Waals surface area contributed by atoms with Crippen molar-refractivity contribution in [3.8, 4) is 0 Å². The van der Waals surface area contributed by atoms with Crippen LogP contribution in [-0.2, 0) is 0 Å². The first-order valence-corrected chi connectivity index (χ1v) is 6.46. The molecule has 1 heterocycles. The predicted molar refractivity (Wildman–Crippen MR) is 76.5 cm³/mol. The molecule has 21 heavy (non-hydrogen) atoms. The molecule has 0 aliphatic heterocycles. The van der Waals surface area contributed by atoms with Crippen LogP contribution < -0.4 is 10.9 Å². The van der Waals surface area contributed by atoms with E-state index in [4.69, 9.17) is 0 Å². The number of amides is 2. The maximum Gasteiger partial charge on any atom is 0.286 e. The number of hydrogen-bond acceptors (Lipinski definition) is 4. The molecule has 108 valence electrons. The molecule has 2 aromatic rings. The van der Waals surface area contributed by atoms with Gasteiger partial charge in [-0.15, -0.1) is 0 Å². The molecule has 2 amide bonds. The molecule has 0 saturated heterocycles. The maximum atomic E-state index is 11.8. The number of nitrogens with one attached hydrogen (secondary N) is 3. The standard InChI is InChI=1S/C12H9BrN4O4/c13-8-5-10(14-6-8)12(19)16-15-11(18)7-1-3-9(4-2-7)17(20)21/h1-6,14H,(H,15,18)(H,16,19). The van der Waals surface area contributed by atoms with Gasteiger partial charge in [-0.25, -0.2) is 0 Å². The number of H-pyrrole nitrogens is 1. The second-order valence-electron chi connectivity index (χ2n) is 3.94. The third kappa shape index (κ3) is 3.66. The molecule has 3 N–H and O–H groups in total. The third-order valence-corrected chi connectivity index (χ3v) is 2.98. The van der Waals surface area contributed by atoms with Crippen molar-refractivity contribution < 1.29 is 14.5 Å². The Morgan fingerprint density at radius 1 is 1.14 bits per heavy atom. The molecule has 0 aliphatic rings. The summed E-state index contributed by atoms with van der Waals surface area (Å²) in [7, 11) is 0. The molecular weight excluding hydrogens is 344 g/mol. The highest BCUT2D eigenvalue weighted by Crippen LogP contribution is 2.12. The minimum atomic E-state index is -0.580. The Balaban J connectivity index is 1.95. The van der Waals surface area contributed by atoms with E-state index in [9.17, 15) is 19.7 Å². The van der Waals surface area contributed by atoms with Crippen molar-refractivity contribution in [3.63, 3.8) is 0 Å². The lowest BCUT2D eigenvalue weighted by atomic mass is 10.2. The number of nitro groups is 1. The van der Waals surface area contributed by atoms with E-state index in [1.807, 2.05) is 0 Å². The first-order valence-electron chi connectivity index (χ1n) is 5.66. The van der Waals surface area contributed by atoms with Gasteiger partial charge in [-0.2, -0.15) is 0 Å². The van der Waals surface area contributed by atoms with Crippen molar-refractivity contribution in [3.05, 3.63) is 62.4 Å². The molecule has 0 saturated carbocycles. The van der Waals surface area contributed by atoms with Crippen molar-refractivity contribution in [1.29, 1.82) is 0 Å². The number of rotatable bonds is 3. The van der Waals surface area contributed by atoms with Gasteiger partial charge in [-0.3, -0.25) is 30.6 Å². The van der Waals surface area contributed by atoms with E-state index in [0.717, 1.165) is 0 Å². The van der Waals surface area contributed by atoms with Crippen LogP contribution in [-0.4, -0.2) is 21.7 Å². The number of nitrogens with zero attached hydrogens (tertiary/aromatic N) is 1.